The molecule has 2 aromatic carbocycles. The van der Waals surface area contributed by atoms with Crippen molar-refractivity contribution in [2.24, 2.45) is 0 Å². The van der Waals surface area contributed by atoms with E-state index in [4.69, 9.17) is 14.2 Å². The molecule has 5 rings (SSSR count). The lowest BCUT2D eigenvalue weighted by Crippen LogP contribution is -2.50. The van der Waals surface area contributed by atoms with Gasteiger partial charge in [0.25, 0.3) is 0 Å². The SMILES string of the molecule is O=C(O)C1(S(=O)(=O)c2ccc3nc(-c4ccc5c(c4)OCO5)sc3c2)CCOCC1. The second kappa shape index (κ2) is 6.93. The zero-order chi connectivity index (χ0) is 20.9. The summed E-state index contributed by atoms with van der Waals surface area (Å²) >= 11 is 1.34. The Labute approximate surface area is 175 Å². The summed E-state index contributed by atoms with van der Waals surface area (Å²) in [7, 11) is -4.11. The third-order valence-corrected chi connectivity index (χ3v) is 9.05. The molecule has 3 heterocycles. The fourth-order valence-corrected chi connectivity index (χ4v) is 6.73. The normalized spacial score (nSPS) is 17.9. The van der Waals surface area contributed by atoms with Crippen LogP contribution >= 0.6 is 11.3 Å². The molecule has 156 valence electrons. The summed E-state index contributed by atoms with van der Waals surface area (Å²) in [5, 5.41) is 10.5. The summed E-state index contributed by atoms with van der Waals surface area (Å²) < 4.78 is 41.4. The van der Waals surface area contributed by atoms with Gasteiger partial charge in [-0.2, -0.15) is 0 Å². The van der Waals surface area contributed by atoms with Gasteiger partial charge in [0, 0.05) is 31.6 Å². The largest absolute Gasteiger partial charge is 0.480 e. The topological polar surface area (TPSA) is 112 Å². The van der Waals surface area contributed by atoms with E-state index < -0.39 is 20.6 Å². The van der Waals surface area contributed by atoms with Gasteiger partial charge in [-0.3, -0.25) is 4.79 Å². The van der Waals surface area contributed by atoms with Crippen LogP contribution in [0.4, 0.5) is 0 Å². The molecule has 30 heavy (non-hydrogen) atoms. The predicted octanol–water partition coefficient (Wildman–Crippen LogP) is 3.10. The Morgan fingerprint density at radius 3 is 2.60 bits per heavy atom. The Morgan fingerprint density at radius 1 is 1.07 bits per heavy atom. The molecule has 0 amide bonds. The predicted molar refractivity (Wildman–Crippen MR) is 109 cm³/mol. The van der Waals surface area contributed by atoms with Crippen molar-refractivity contribution in [3.8, 4) is 22.1 Å². The Balaban J connectivity index is 1.56. The van der Waals surface area contributed by atoms with E-state index in [9.17, 15) is 18.3 Å². The molecule has 0 aliphatic carbocycles. The molecule has 1 fully saturated rings. The number of aromatic nitrogens is 1. The van der Waals surface area contributed by atoms with Crippen LogP contribution in [-0.2, 0) is 19.4 Å². The van der Waals surface area contributed by atoms with E-state index >= 15 is 0 Å². The fraction of sp³-hybridized carbons (Fsp3) is 0.300. The summed E-state index contributed by atoms with van der Waals surface area (Å²) in [6.45, 7) is 0.376. The van der Waals surface area contributed by atoms with E-state index in [0.717, 1.165) is 5.56 Å². The number of aliphatic carboxylic acids is 1. The first-order valence-electron chi connectivity index (χ1n) is 9.27. The summed E-state index contributed by atoms with van der Waals surface area (Å²) in [6.07, 6.45) is -0.151. The molecular formula is C20H17NO7S2. The molecule has 2 aliphatic heterocycles. The maximum Gasteiger partial charge on any atom is 0.325 e. The maximum absolute atomic E-state index is 13.3. The van der Waals surface area contributed by atoms with Crippen LogP contribution in [0.25, 0.3) is 20.8 Å². The molecule has 8 nitrogen and oxygen atoms in total. The minimum absolute atomic E-state index is 0.0137. The van der Waals surface area contributed by atoms with Crippen molar-refractivity contribution in [1.82, 2.24) is 4.98 Å². The number of carbonyl (C=O) groups is 1. The van der Waals surface area contributed by atoms with E-state index in [0.29, 0.717) is 26.7 Å². The van der Waals surface area contributed by atoms with E-state index in [1.54, 1.807) is 12.1 Å². The number of carboxylic acid groups (broad SMARTS) is 1. The molecule has 1 aromatic heterocycles. The van der Waals surface area contributed by atoms with Gasteiger partial charge in [-0.1, -0.05) is 0 Å². The van der Waals surface area contributed by atoms with Crippen molar-refractivity contribution in [1.29, 1.82) is 0 Å². The fourth-order valence-electron chi connectivity index (χ4n) is 3.75. The number of nitrogens with zero attached hydrogens (tertiary/aromatic N) is 1. The molecule has 0 bridgehead atoms. The Bertz CT molecular complexity index is 1260. The third-order valence-electron chi connectivity index (χ3n) is 5.49. The molecule has 3 aromatic rings. The van der Waals surface area contributed by atoms with Gasteiger partial charge in [0.05, 0.1) is 15.1 Å². The molecule has 0 atom stereocenters. The first kappa shape index (κ1) is 19.3. The van der Waals surface area contributed by atoms with Crippen molar-refractivity contribution < 1.29 is 32.5 Å². The highest BCUT2D eigenvalue weighted by molar-refractivity contribution is 7.93. The average Bonchev–Trinajstić information content (AvgIpc) is 3.39. The highest BCUT2D eigenvalue weighted by Crippen LogP contribution is 2.40. The Morgan fingerprint density at radius 2 is 1.83 bits per heavy atom. The van der Waals surface area contributed by atoms with Gasteiger partial charge in [-0.25, -0.2) is 13.4 Å². The van der Waals surface area contributed by atoms with Gasteiger partial charge in [0.2, 0.25) is 6.79 Å². The molecular weight excluding hydrogens is 430 g/mol. The van der Waals surface area contributed by atoms with E-state index in [1.807, 2.05) is 12.1 Å². The smallest absolute Gasteiger partial charge is 0.325 e. The van der Waals surface area contributed by atoms with Crippen LogP contribution < -0.4 is 9.47 Å². The Kier molecular flexibility index (Phi) is 4.46. The molecule has 0 saturated carbocycles. The zero-order valence-corrected chi connectivity index (χ0v) is 17.3. The lowest BCUT2D eigenvalue weighted by Gasteiger charge is -2.32. The summed E-state index contributed by atoms with van der Waals surface area (Å²) in [5.41, 5.74) is 1.47. The number of rotatable bonds is 4. The number of fused-ring (bicyclic) bond motifs is 2. The quantitative estimate of drug-likeness (QED) is 0.649. The number of carboxylic acids is 1. The standard InChI is InChI=1S/C20H17NO7S2/c22-19(23)20(5-7-26-8-6-20)30(24,25)13-2-3-14-17(10-13)29-18(21-14)12-1-4-15-16(9-12)28-11-27-15/h1-4,9-10H,5-8,11H2,(H,22,23). The average molecular weight is 447 g/mol. The summed E-state index contributed by atoms with van der Waals surface area (Å²) in [4.78, 5) is 16.5. The highest BCUT2D eigenvalue weighted by Gasteiger charge is 2.52. The van der Waals surface area contributed by atoms with E-state index in [-0.39, 0.29) is 37.7 Å². The lowest BCUT2D eigenvalue weighted by molar-refractivity contribution is -0.142. The van der Waals surface area contributed by atoms with Crippen molar-refractivity contribution in [2.75, 3.05) is 20.0 Å². The molecule has 0 radical (unpaired) electrons. The molecule has 0 unspecified atom stereocenters. The molecule has 0 spiro atoms. The summed E-state index contributed by atoms with van der Waals surface area (Å²) in [6, 6.07) is 10.1. The zero-order valence-electron chi connectivity index (χ0n) is 15.7. The molecule has 1 saturated heterocycles. The Hall–Kier alpha value is -2.69. The van der Waals surface area contributed by atoms with Crippen LogP contribution in [-0.4, -0.2) is 49.2 Å². The molecule has 10 heteroatoms. The number of thiazole rings is 1. The van der Waals surface area contributed by atoms with Gasteiger partial charge in [0.1, 0.15) is 5.01 Å². The van der Waals surface area contributed by atoms with Crippen molar-refractivity contribution in [3.63, 3.8) is 0 Å². The van der Waals surface area contributed by atoms with Crippen molar-refractivity contribution in [3.05, 3.63) is 36.4 Å². The second-order valence-corrected chi connectivity index (χ2v) is 10.4. The van der Waals surface area contributed by atoms with Gasteiger partial charge < -0.3 is 19.3 Å². The van der Waals surface area contributed by atoms with Crippen LogP contribution in [0, 0.1) is 0 Å². The highest BCUT2D eigenvalue weighted by atomic mass is 32.2. The van der Waals surface area contributed by atoms with Gasteiger partial charge in [-0.05, 0) is 36.4 Å². The minimum Gasteiger partial charge on any atom is -0.480 e. The van der Waals surface area contributed by atoms with Gasteiger partial charge in [-0.15, -0.1) is 11.3 Å². The van der Waals surface area contributed by atoms with Crippen LogP contribution in [0.5, 0.6) is 11.5 Å². The summed E-state index contributed by atoms with van der Waals surface area (Å²) in [5.74, 6) is -0.0298. The first-order valence-corrected chi connectivity index (χ1v) is 11.6. The van der Waals surface area contributed by atoms with Crippen molar-refractivity contribution >= 4 is 37.4 Å². The maximum atomic E-state index is 13.3. The minimum atomic E-state index is -4.11. The molecule has 2 aliphatic rings. The van der Waals surface area contributed by atoms with Crippen LogP contribution in [0.1, 0.15) is 12.8 Å². The van der Waals surface area contributed by atoms with Crippen LogP contribution in [0.3, 0.4) is 0 Å². The van der Waals surface area contributed by atoms with E-state index in [2.05, 4.69) is 4.98 Å². The third kappa shape index (κ3) is 2.86. The van der Waals surface area contributed by atoms with Crippen molar-refractivity contribution in [2.45, 2.75) is 22.5 Å². The van der Waals surface area contributed by atoms with Crippen LogP contribution in [0.2, 0.25) is 0 Å². The number of ether oxygens (including phenoxy) is 3. The van der Waals surface area contributed by atoms with Gasteiger partial charge >= 0.3 is 5.97 Å². The number of sulfone groups is 1. The number of benzene rings is 2. The molecule has 1 N–H and O–H groups in total. The lowest BCUT2D eigenvalue weighted by atomic mass is 9.99. The van der Waals surface area contributed by atoms with Crippen LogP contribution in [0.15, 0.2) is 41.3 Å². The first-order chi connectivity index (χ1) is 14.4. The van der Waals surface area contributed by atoms with E-state index in [1.165, 1.54) is 23.5 Å². The monoisotopic (exact) mass is 447 g/mol. The second-order valence-electron chi connectivity index (χ2n) is 7.13. The number of hydrogen-bond acceptors (Lipinski definition) is 8. The van der Waals surface area contributed by atoms with Gasteiger partial charge in [0.15, 0.2) is 26.1 Å². The number of hydrogen-bond donors (Lipinski definition) is 1.